The highest BCUT2D eigenvalue weighted by molar-refractivity contribution is 6.31. The van der Waals surface area contributed by atoms with E-state index in [1.807, 2.05) is 37.2 Å². The molecule has 0 fully saturated rings. The molecule has 0 saturated carbocycles. The van der Waals surface area contributed by atoms with Crippen molar-refractivity contribution < 1.29 is 5.11 Å². The van der Waals surface area contributed by atoms with Gasteiger partial charge in [-0.1, -0.05) is 29.8 Å². The molecule has 0 aliphatic carbocycles. The summed E-state index contributed by atoms with van der Waals surface area (Å²) in [6.07, 6.45) is 0.0352. The van der Waals surface area contributed by atoms with Gasteiger partial charge in [0.05, 0.1) is 6.10 Å². The van der Waals surface area contributed by atoms with Gasteiger partial charge in [0.1, 0.15) is 0 Å². The second-order valence-electron chi connectivity index (χ2n) is 4.22. The van der Waals surface area contributed by atoms with Crippen molar-refractivity contribution in [2.75, 3.05) is 20.6 Å². The fraction of sp³-hybridized carbons (Fsp3) is 0.500. The Morgan fingerprint density at radius 3 is 2.56 bits per heavy atom. The summed E-state index contributed by atoms with van der Waals surface area (Å²) in [6.45, 7) is 0.850. The van der Waals surface area contributed by atoms with Gasteiger partial charge in [0.25, 0.3) is 0 Å². The first-order chi connectivity index (χ1) is 7.52. The van der Waals surface area contributed by atoms with Crippen LogP contribution in [-0.2, 0) is 0 Å². The lowest BCUT2D eigenvalue weighted by atomic mass is 10.0. The minimum Gasteiger partial charge on any atom is -0.387 e. The van der Waals surface area contributed by atoms with Crippen LogP contribution in [0.25, 0.3) is 0 Å². The van der Waals surface area contributed by atoms with Crippen molar-refractivity contribution in [3.63, 3.8) is 0 Å². The molecule has 2 atom stereocenters. The highest BCUT2D eigenvalue weighted by Gasteiger charge is 2.18. The smallest absolute Gasteiger partial charge is 0.0955 e. The van der Waals surface area contributed by atoms with Crippen molar-refractivity contribution >= 4 is 11.6 Å². The zero-order valence-corrected chi connectivity index (χ0v) is 10.5. The van der Waals surface area contributed by atoms with E-state index in [4.69, 9.17) is 17.3 Å². The first-order valence-corrected chi connectivity index (χ1v) is 5.73. The molecule has 0 aliphatic rings. The fourth-order valence-corrected chi connectivity index (χ4v) is 1.76. The molecule has 90 valence electrons. The molecular weight excluding hydrogens is 224 g/mol. The van der Waals surface area contributed by atoms with Crippen LogP contribution in [0.5, 0.6) is 0 Å². The normalized spacial score (nSPS) is 15.1. The van der Waals surface area contributed by atoms with Crippen LogP contribution in [-0.4, -0.2) is 36.7 Å². The highest BCUT2D eigenvalue weighted by atomic mass is 35.5. The topological polar surface area (TPSA) is 49.5 Å². The Kier molecular flexibility index (Phi) is 5.22. The van der Waals surface area contributed by atoms with Crippen molar-refractivity contribution in [3.05, 3.63) is 34.9 Å². The van der Waals surface area contributed by atoms with Crippen LogP contribution < -0.4 is 5.73 Å². The third kappa shape index (κ3) is 3.76. The van der Waals surface area contributed by atoms with Gasteiger partial charge in [0.2, 0.25) is 0 Å². The molecule has 2 unspecified atom stereocenters. The summed E-state index contributed by atoms with van der Waals surface area (Å²) in [5.41, 5.74) is 6.64. The van der Waals surface area contributed by atoms with Crippen molar-refractivity contribution in [1.82, 2.24) is 4.90 Å². The van der Waals surface area contributed by atoms with Crippen LogP contribution in [0, 0.1) is 0 Å². The Hall–Kier alpha value is -0.610. The number of hydrogen-bond acceptors (Lipinski definition) is 3. The number of halogens is 1. The largest absolute Gasteiger partial charge is 0.387 e. The standard InChI is InChI=1S/C12H19ClN2O/c1-15(2)8-7-11(14)12(16)9-5-3-4-6-10(9)13/h3-6,11-12,16H,7-8,14H2,1-2H3. The molecule has 0 amide bonds. The summed E-state index contributed by atoms with van der Waals surface area (Å²) in [7, 11) is 3.96. The SMILES string of the molecule is CN(C)CCC(N)C(O)c1ccccc1Cl. The van der Waals surface area contributed by atoms with Gasteiger partial charge in [-0.05, 0) is 33.1 Å². The molecule has 1 aromatic rings. The second kappa shape index (κ2) is 6.21. The average Bonchev–Trinajstić information content (AvgIpc) is 2.25. The quantitative estimate of drug-likeness (QED) is 0.826. The molecule has 1 aromatic carbocycles. The number of hydrogen-bond donors (Lipinski definition) is 2. The van der Waals surface area contributed by atoms with Gasteiger partial charge < -0.3 is 15.7 Å². The maximum Gasteiger partial charge on any atom is 0.0955 e. The molecule has 0 aliphatic heterocycles. The number of rotatable bonds is 5. The number of benzene rings is 1. The zero-order chi connectivity index (χ0) is 12.1. The lowest BCUT2D eigenvalue weighted by Gasteiger charge is -2.21. The summed E-state index contributed by atoms with van der Waals surface area (Å²) in [4.78, 5) is 2.04. The van der Waals surface area contributed by atoms with Crippen LogP contribution in [0.2, 0.25) is 5.02 Å². The summed E-state index contributed by atoms with van der Waals surface area (Å²) in [6, 6.07) is 6.97. The molecule has 16 heavy (non-hydrogen) atoms. The minimum atomic E-state index is -0.700. The van der Waals surface area contributed by atoms with Crippen LogP contribution in [0.15, 0.2) is 24.3 Å². The third-order valence-electron chi connectivity index (χ3n) is 2.54. The number of aliphatic hydroxyl groups excluding tert-OH is 1. The molecule has 3 nitrogen and oxygen atoms in total. The summed E-state index contributed by atoms with van der Waals surface area (Å²) in [5.74, 6) is 0. The minimum absolute atomic E-state index is 0.290. The molecule has 3 N–H and O–H groups in total. The van der Waals surface area contributed by atoms with E-state index in [0.29, 0.717) is 10.6 Å². The lowest BCUT2D eigenvalue weighted by molar-refractivity contribution is 0.137. The van der Waals surface area contributed by atoms with E-state index >= 15 is 0 Å². The van der Waals surface area contributed by atoms with Crippen LogP contribution in [0.1, 0.15) is 18.1 Å². The van der Waals surface area contributed by atoms with Crippen molar-refractivity contribution in [1.29, 1.82) is 0 Å². The molecule has 4 heteroatoms. The maximum absolute atomic E-state index is 10.1. The van der Waals surface area contributed by atoms with Crippen LogP contribution in [0.3, 0.4) is 0 Å². The second-order valence-corrected chi connectivity index (χ2v) is 4.63. The molecule has 0 bridgehead atoms. The van der Waals surface area contributed by atoms with E-state index < -0.39 is 6.10 Å². The van der Waals surface area contributed by atoms with Gasteiger partial charge in [-0.3, -0.25) is 0 Å². The van der Waals surface area contributed by atoms with E-state index in [-0.39, 0.29) is 6.04 Å². The Bertz CT molecular complexity index is 331. The lowest BCUT2D eigenvalue weighted by Crippen LogP contribution is -2.32. The van der Waals surface area contributed by atoms with Gasteiger partial charge in [0, 0.05) is 16.6 Å². The van der Waals surface area contributed by atoms with E-state index in [1.165, 1.54) is 0 Å². The van der Waals surface area contributed by atoms with E-state index in [2.05, 4.69) is 0 Å². The Balaban J connectivity index is 2.63. The molecule has 0 aromatic heterocycles. The van der Waals surface area contributed by atoms with Gasteiger partial charge in [-0.25, -0.2) is 0 Å². The Labute approximate surface area is 102 Å². The number of nitrogens with zero attached hydrogens (tertiary/aromatic N) is 1. The van der Waals surface area contributed by atoms with Gasteiger partial charge >= 0.3 is 0 Å². The highest BCUT2D eigenvalue weighted by Crippen LogP contribution is 2.25. The van der Waals surface area contributed by atoms with Gasteiger partial charge in [-0.15, -0.1) is 0 Å². The van der Waals surface area contributed by atoms with Gasteiger partial charge in [0.15, 0.2) is 0 Å². The summed E-state index contributed by atoms with van der Waals surface area (Å²) < 4.78 is 0. The molecular formula is C12H19ClN2O. The van der Waals surface area contributed by atoms with E-state index in [9.17, 15) is 5.11 Å². The Morgan fingerprint density at radius 1 is 1.38 bits per heavy atom. The molecule has 0 heterocycles. The predicted octanol–water partition coefficient (Wildman–Crippen LogP) is 1.65. The monoisotopic (exact) mass is 242 g/mol. The first kappa shape index (κ1) is 13.5. The Morgan fingerprint density at radius 2 is 2.00 bits per heavy atom. The molecule has 0 radical (unpaired) electrons. The molecule has 0 spiro atoms. The van der Waals surface area contributed by atoms with E-state index in [0.717, 1.165) is 13.0 Å². The zero-order valence-electron chi connectivity index (χ0n) is 9.73. The number of nitrogens with two attached hydrogens (primary N) is 1. The van der Waals surface area contributed by atoms with Crippen LogP contribution in [0.4, 0.5) is 0 Å². The third-order valence-corrected chi connectivity index (χ3v) is 2.88. The maximum atomic E-state index is 10.1. The summed E-state index contributed by atoms with van der Waals surface area (Å²) >= 11 is 6.00. The first-order valence-electron chi connectivity index (χ1n) is 5.35. The van der Waals surface area contributed by atoms with Crippen molar-refractivity contribution in [2.24, 2.45) is 5.73 Å². The molecule has 1 rings (SSSR count). The average molecular weight is 243 g/mol. The van der Waals surface area contributed by atoms with E-state index in [1.54, 1.807) is 6.07 Å². The summed E-state index contributed by atoms with van der Waals surface area (Å²) in [5, 5.41) is 10.6. The van der Waals surface area contributed by atoms with Crippen molar-refractivity contribution in [3.8, 4) is 0 Å². The molecule has 0 saturated heterocycles. The number of aliphatic hydroxyl groups is 1. The predicted molar refractivity (Wildman–Crippen MR) is 67.6 cm³/mol. The van der Waals surface area contributed by atoms with Crippen molar-refractivity contribution in [2.45, 2.75) is 18.6 Å². The fourth-order valence-electron chi connectivity index (χ4n) is 1.51. The van der Waals surface area contributed by atoms with Gasteiger partial charge in [-0.2, -0.15) is 0 Å². The van der Waals surface area contributed by atoms with Crippen LogP contribution >= 0.6 is 11.6 Å².